The van der Waals surface area contributed by atoms with Crippen LogP contribution < -0.4 is 10.6 Å². The molecule has 0 aromatic heterocycles. The average molecular weight is 228 g/mol. The Morgan fingerprint density at radius 3 is 2.71 bits per heavy atom. The van der Waals surface area contributed by atoms with E-state index < -0.39 is 0 Å². The van der Waals surface area contributed by atoms with Crippen LogP contribution in [0.25, 0.3) is 5.57 Å². The van der Waals surface area contributed by atoms with E-state index in [-0.39, 0.29) is 5.91 Å². The molecular formula is C14H16N2O. The lowest BCUT2D eigenvalue weighted by atomic mass is 9.94. The molecule has 1 saturated heterocycles. The standard InChI is InChI=1S/C14H16N2O/c1-9-2-3-12-11(8-9)13(14(17)16-12)10-4-6-15-7-5-10/h2-3,8,15H,4-7H2,1H3,(H,16,17). The molecule has 3 heteroatoms. The molecule has 0 atom stereocenters. The molecule has 1 amide bonds. The molecule has 0 unspecified atom stereocenters. The van der Waals surface area contributed by atoms with E-state index in [4.69, 9.17) is 0 Å². The van der Waals surface area contributed by atoms with Crippen molar-refractivity contribution in [1.82, 2.24) is 5.32 Å². The number of amides is 1. The number of rotatable bonds is 0. The highest BCUT2D eigenvalue weighted by Gasteiger charge is 2.27. The van der Waals surface area contributed by atoms with Crippen LogP contribution in [0.5, 0.6) is 0 Å². The summed E-state index contributed by atoms with van der Waals surface area (Å²) in [4.78, 5) is 12.1. The van der Waals surface area contributed by atoms with Gasteiger partial charge in [0.25, 0.3) is 5.91 Å². The van der Waals surface area contributed by atoms with Gasteiger partial charge in [0.15, 0.2) is 0 Å². The highest BCUT2D eigenvalue weighted by molar-refractivity contribution is 6.32. The van der Waals surface area contributed by atoms with Crippen LogP contribution in [0.3, 0.4) is 0 Å². The zero-order chi connectivity index (χ0) is 11.8. The van der Waals surface area contributed by atoms with Crippen molar-refractivity contribution < 1.29 is 4.79 Å². The molecule has 0 aliphatic carbocycles. The Bertz CT molecular complexity index is 509. The van der Waals surface area contributed by atoms with Crippen LogP contribution in [0.15, 0.2) is 23.8 Å². The quantitative estimate of drug-likeness (QED) is 0.667. The lowest BCUT2D eigenvalue weighted by Crippen LogP contribution is -2.24. The fourth-order valence-corrected chi connectivity index (χ4v) is 2.61. The first-order valence-corrected chi connectivity index (χ1v) is 6.11. The normalized spacial score (nSPS) is 19.2. The summed E-state index contributed by atoms with van der Waals surface area (Å²) in [7, 11) is 0. The largest absolute Gasteiger partial charge is 0.321 e. The number of carbonyl (C=O) groups is 1. The maximum atomic E-state index is 12.1. The van der Waals surface area contributed by atoms with Crippen LogP contribution in [-0.2, 0) is 4.79 Å². The second kappa shape index (κ2) is 4.00. The van der Waals surface area contributed by atoms with Crippen molar-refractivity contribution in [3.63, 3.8) is 0 Å². The number of hydrogen-bond donors (Lipinski definition) is 2. The summed E-state index contributed by atoms with van der Waals surface area (Å²) in [6.07, 6.45) is 1.96. The predicted molar refractivity (Wildman–Crippen MR) is 68.8 cm³/mol. The second-order valence-corrected chi connectivity index (χ2v) is 4.73. The summed E-state index contributed by atoms with van der Waals surface area (Å²) in [6.45, 7) is 4.02. The maximum Gasteiger partial charge on any atom is 0.256 e. The third-order valence-electron chi connectivity index (χ3n) is 3.48. The molecule has 2 aliphatic heterocycles. The molecule has 0 spiro atoms. The molecule has 1 aromatic carbocycles. The van der Waals surface area contributed by atoms with Crippen molar-refractivity contribution >= 4 is 17.2 Å². The molecule has 2 N–H and O–H groups in total. The second-order valence-electron chi connectivity index (χ2n) is 4.73. The number of nitrogens with one attached hydrogen (secondary N) is 2. The molecule has 1 aromatic rings. The Morgan fingerprint density at radius 2 is 1.94 bits per heavy atom. The number of aryl methyl sites for hydroxylation is 1. The topological polar surface area (TPSA) is 41.1 Å². The van der Waals surface area contributed by atoms with Gasteiger partial charge in [0.1, 0.15) is 0 Å². The zero-order valence-electron chi connectivity index (χ0n) is 9.97. The van der Waals surface area contributed by atoms with Gasteiger partial charge in [0, 0.05) is 16.8 Å². The fraction of sp³-hybridized carbons (Fsp3) is 0.357. The van der Waals surface area contributed by atoms with Gasteiger partial charge in [0.2, 0.25) is 0 Å². The van der Waals surface area contributed by atoms with Crippen molar-refractivity contribution in [2.75, 3.05) is 18.4 Å². The smallest absolute Gasteiger partial charge is 0.256 e. The van der Waals surface area contributed by atoms with E-state index in [1.165, 1.54) is 11.1 Å². The van der Waals surface area contributed by atoms with E-state index >= 15 is 0 Å². The van der Waals surface area contributed by atoms with Crippen molar-refractivity contribution in [1.29, 1.82) is 0 Å². The molecule has 0 saturated carbocycles. The zero-order valence-corrected chi connectivity index (χ0v) is 9.97. The molecule has 3 rings (SSSR count). The van der Waals surface area contributed by atoms with E-state index in [0.29, 0.717) is 0 Å². The number of fused-ring (bicyclic) bond motifs is 1. The average Bonchev–Trinajstić information content (AvgIpc) is 2.65. The molecule has 2 heterocycles. The number of piperidine rings is 1. The van der Waals surface area contributed by atoms with Crippen molar-refractivity contribution in [3.05, 3.63) is 34.9 Å². The van der Waals surface area contributed by atoms with Gasteiger partial charge >= 0.3 is 0 Å². The van der Waals surface area contributed by atoms with Crippen LogP contribution >= 0.6 is 0 Å². The number of benzene rings is 1. The summed E-state index contributed by atoms with van der Waals surface area (Å²) < 4.78 is 0. The Labute approximate surface area is 101 Å². The Hall–Kier alpha value is -1.61. The van der Waals surface area contributed by atoms with Gasteiger partial charge in [-0.2, -0.15) is 0 Å². The van der Waals surface area contributed by atoms with Gasteiger partial charge in [-0.05, 0) is 45.0 Å². The lowest BCUT2D eigenvalue weighted by Gasteiger charge is -2.17. The van der Waals surface area contributed by atoms with Gasteiger partial charge < -0.3 is 10.6 Å². The molecule has 0 radical (unpaired) electrons. The minimum Gasteiger partial charge on any atom is -0.321 e. The summed E-state index contributed by atoms with van der Waals surface area (Å²) >= 11 is 0. The van der Waals surface area contributed by atoms with Gasteiger partial charge in [-0.3, -0.25) is 4.79 Å². The van der Waals surface area contributed by atoms with Crippen LogP contribution in [0.2, 0.25) is 0 Å². The molecular weight excluding hydrogens is 212 g/mol. The van der Waals surface area contributed by atoms with Gasteiger partial charge in [-0.15, -0.1) is 0 Å². The van der Waals surface area contributed by atoms with Crippen molar-refractivity contribution in [3.8, 4) is 0 Å². The van der Waals surface area contributed by atoms with E-state index in [1.807, 2.05) is 12.1 Å². The Balaban J connectivity index is 2.12. The summed E-state index contributed by atoms with van der Waals surface area (Å²) in [5.74, 6) is 0.0718. The minimum absolute atomic E-state index is 0.0718. The molecule has 2 aliphatic rings. The van der Waals surface area contributed by atoms with Gasteiger partial charge in [-0.25, -0.2) is 0 Å². The SMILES string of the molecule is Cc1ccc2c(c1)C(=C1CCNCC1)C(=O)N2. The first-order valence-electron chi connectivity index (χ1n) is 6.11. The van der Waals surface area contributed by atoms with Crippen LogP contribution in [-0.4, -0.2) is 19.0 Å². The number of anilines is 1. The number of carbonyl (C=O) groups excluding carboxylic acids is 1. The summed E-state index contributed by atoms with van der Waals surface area (Å²) in [5.41, 5.74) is 5.47. The first kappa shape index (κ1) is 10.5. The Morgan fingerprint density at radius 1 is 1.18 bits per heavy atom. The van der Waals surface area contributed by atoms with E-state index in [2.05, 4.69) is 23.6 Å². The lowest BCUT2D eigenvalue weighted by molar-refractivity contribution is -0.110. The highest BCUT2D eigenvalue weighted by atomic mass is 16.2. The molecule has 0 bridgehead atoms. The monoisotopic (exact) mass is 228 g/mol. The first-order chi connectivity index (χ1) is 8.25. The highest BCUT2D eigenvalue weighted by Crippen LogP contribution is 2.36. The van der Waals surface area contributed by atoms with E-state index in [9.17, 15) is 4.79 Å². The predicted octanol–water partition coefficient (Wildman–Crippen LogP) is 2.08. The van der Waals surface area contributed by atoms with Crippen LogP contribution in [0.4, 0.5) is 5.69 Å². The van der Waals surface area contributed by atoms with Crippen LogP contribution in [0, 0.1) is 6.92 Å². The maximum absolute atomic E-state index is 12.1. The summed E-state index contributed by atoms with van der Waals surface area (Å²) in [5, 5.41) is 6.28. The van der Waals surface area contributed by atoms with E-state index in [1.54, 1.807) is 0 Å². The summed E-state index contributed by atoms with van der Waals surface area (Å²) in [6, 6.07) is 6.14. The van der Waals surface area contributed by atoms with Gasteiger partial charge in [0.05, 0.1) is 0 Å². The van der Waals surface area contributed by atoms with Crippen LogP contribution in [0.1, 0.15) is 24.0 Å². The third kappa shape index (κ3) is 1.76. The molecule has 1 fully saturated rings. The molecule has 3 nitrogen and oxygen atoms in total. The third-order valence-corrected chi connectivity index (χ3v) is 3.48. The molecule has 17 heavy (non-hydrogen) atoms. The molecule has 88 valence electrons. The number of hydrogen-bond acceptors (Lipinski definition) is 2. The van der Waals surface area contributed by atoms with Crippen molar-refractivity contribution in [2.24, 2.45) is 0 Å². The Kier molecular flexibility index (Phi) is 2.48. The minimum atomic E-state index is 0.0718. The van der Waals surface area contributed by atoms with Crippen molar-refractivity contribution in [2.45, 2.75) is 19.8 Å². The van der Waals surface area contributed by atoms with Gasteiger partial charge in [-0.1, -0.05) is 17.2 Å². The van der Waals surface area contributed by atoms with E-state index in [0.717, 1.165) is 42.8 Å². The fourth-order valence-electron chi connectivity index (χ4n) is 2.61.